The van der Waals surface area contributed by atoms with E-state index in [1.807, 2.05) is 6.20 Å². The van der Waals surface area contributed by atoms with Crippen LogP contribution in [0.2, 0.25) is 0 Å². The molecular weight excluding hydrogens is 170 g/mol. The van der Waals surface area contributed by atoms with Gasteiger partial charge in [0.1, 0.15) is 0 Å². The van der Waals surface area contributed by atoms with Crippen LogP contribution in [-0.2, 0) is 11.8 Å². The monoisotopic (exact) mass is 191 g/mol. The molecule has 0 amide bonds. The van der Waals surface area contributed by atoms with E-state index in [-0.39, 0.29) is 5.41 Å². The number of hydrogen-bond donors (Lipinski definition) is 0. The van der Waals surface area contributed by atoms with E-state index >= 15 is 0 Å². The van der Waals surface area contributed by atoms with Crippen molar-refractivity contribution in [3.8, 4) is 0 Å². The predicted molar refractivity (Wildman–Crippen MR) is 61.5 cm³/mol. The molecule has 0 radical (unpaired) electrons. The summed E-state index contributed by atoms with van der Waals surface area (Å²) in [6, 6.07) is 4.37. The zero-order chi connectivity index (χ0) is 10.6. The van der Waals surface area contributed by atoms with E-state index in [4.69, 9.17) is 0 Å². The van der Waals surface area contributed by atoms with Gasteiger partial charge < -0.3 is 0 Å². The largest absolute Gasteiger partial charge is 0.260 e. The molecule has 0 N–H and O–H groups in total. The lowest BCUT2D eigenvalue weighted by Crippen LogP contribution is -2.18. The Morgan fingerprint density at radius 3 is 2.36 bits per heavy atom. The van der Waals surface area contributed by atoms with E-state index in [0.717, 1.165) is 6.42 Å². The number of nitrogens with zero attached hydrogens (tertiary/aromatic N) is 1. The highest BCUT2D eigenvalue weighted by Gasteiger charge is 2.20. The number of aryl methyl sites for hydroxylation is 1. The van der Waals surface area contributed by atoms with E-state index in [1.54, 1.807) is 0 Å². The molecule has 1 heterocycles. The van der Waals surface area contributed by atoms with Crippen LogP contribution in [0.5, 0.6) is 0 Å². The van der Waals surface area contributed by atoms with Gasteiger partial charge in [-0.3, -0.25) is 4.98 Å². The van der Waals surface area contributed by atoms with Gasteiger partial charge in [-0.15, -0.1) is 0 Å². The second kappa shape index (κ2) is 4.59. The Balaban J connectivity index is 2.85. The summed E-state index contributed by atoms with van der Waals surface area (Å²) in [7, 11) is 0. The number of aromatic nitrogens is 1. The minimum Gasteiger partial charge on any atom is -0.260 e. The van der Waals surface area contributed by atoms with Crippen molar-refractivity contribution in [2.24, 2.45) is 0 Å². The van der Waals surface area contributed by atoms with Crippen molar-refractivity contribution in [1.82, 2.24) is 4.98 Å². The number of pyridine rings is 1. The van der Waals surface area contributed by atoms with Crippen LogP contribution in [0, 0.1) is 0 Å². The Morgan fingerprint density at radius 1 is 1.21 bits per heavy atom. The Morgan fingerprint density at radius 2 is 1.93 bits per heavy atom. The summed E-state index contributed by atoms with van der Waals surface area (Å²) in [4.78, 5) is 4.54. The van der Waals surface area contributed by atoms with Crippen molar-refractivity contribution in [2.45, 2.75) is 52.4 Å². The number of rotatable bonds is 4. The zero-order valence-corrected chi connectivity index (χ0v) is 9.80. The van der Waals surface area contributed by atoms with E-state index in [9.17, 15) is 0 Å². The molecular formula is C13H21N. The van der Waals surface area contributed by atoms with Crippen molar-refractivity contribution in [2.75, 3.05) is 0 Å². The average molecular weight is 191 g/mol. The molecule has 78 valence electrons. The van der Waals surface area contributed by atoms with E-state index in [2.05, 4.69) is 44.8 Å². The summed E-state index contributed by atoms with van der Waals surface area (Å²) >= 11 is 0. The molecule has 0 aliphatic carbocycles. The summed E-state index contributed by atoms with van der Waals surface area (Å²) in [6.45, 7) is 8.92. The maximum atomic E-state index is 4.54. The fraction of sp³-hybridized carbons (Fsp3) is 0.615. The zero-order valence-electron chi connectivity index (χ0n) is 9.80. The molecule has 0 saturated carbocycles. The third-order valence-corrected chi connectivity index (χ3v) is 2.80. The molecule has 0 aromatic carbocycles. The molecule has 0 saturated heterocycles. The molecule has 0 unspecified atom stereocenters. The molecule has 1 rings (SSSR count). The van der Waals surface area contributed by atoms with Crippen LogP contribution in [0.15, 0.2) is 18.3 Å². The van der Waals surface area contributed by atoms with Crippen LogP contribution in [-0.4, -0.2) is 4.98 Å². The summed E-state index contributed by atoms with van der Waals surface area (Å²) in [5.74, 6) is 0. The average Bonchev–Trinajstić information content (AvgIpc) is 2.18. The van der Waals surface area contributed by atoms with Crippen molar-refractivity contribution in [1.29, 1.82) is 0 Å². The van der Waals surface area contributed by atoms with Gasteiger partial charge in [0.15, 0.2) is 0 Å². The van der Waals surface area contributed by atoms with E-state index < -0.39 is 0 Å². The smallest absolute Gasteiger partial charge is 0.0460 e. The Hall–Kier alpha value is -0.850. The standard InChI is InChI=1S/C13H21N/c1-5-9-13(3,4)12-8-7-11(6-2)10-14-12/h7-8,10H,5-6,9H2,1-4H3. The molecule has 0 bridgehead atoms. The normalized spacial score (nSPS) is 11.7. The highest BCUT2D eigenvalue weighted by molar-refractivity contribution is 5.19. The first kappa shape index (κ1) is 11.2. The van der Waals surface area contributed by atoms with Crippen LogP contribution in [0.4, 0.5) is 0 Å². The van der Waals surface area contributed by atoms with Gasteiger partial charge in [0.2, 0.25) is 0 Å². The Kier molecular flexibility index (Phi) is 3.68. The molecule has 1 aromatic rings. The third kappa shape index (κ3) is 2.57. The molecule has 1 heteroatoms. The first-order chi connectivity index (χ1) is 6.60. The SMILES string of the molecule is CCCC(C)(C)c1ccc(CC)cn1. The molecule has 0 aliphatic rings. The van der Waals surface area contributed by atoms with Crippen LogP contribution >= 0.6 is 0 Å². The van der Waals surface area contributed by atoms with Gasteiger partial charge in [0.05, 0.1) is 0 Å². The first-order valence-electron chi connectivity index (χ1n) is 5.55. The highest BCUT2D eigenvalue weighted by atomic mass is 14.7. The lowest BCUT2D eigenvalue weighted by molar-refractivity contribution is 0.459. The molecule has 0 atom stereocenters. The molecule has 14 heavy (non-hydrogen) atoms. The summed E-state index contributed by atoms with van der Waals surface area (Å²) < 4.78 is 0. The summed E-state index contributed by atoms with van der Waals surface area (Å²) in [6.07, 6.45) is 5.49. The van der Waals surface area contributed by atoms with Gasteiger partial charge in [-0.05, 0) is 24.5 Å². The Bertz CT molecular complexity index is 272. The molecule has 1 nitrogen and oxygen atoms in total. The maximum absolute atomic E-state index is 4.54. The van der Waals surface area contributed by atoms with Crippen LogP contribution in [0.25, 0.3) is 0 Å². The van der Waals surface area contributed by atoms with Crippen LogP contribution < -0.4 is 0 Å². The van der Waals surface area contributed by atoms with Crippen molar-refractivity contribution >= 4 is 0 Å². The summed E-state index contributed by atoms with van der Waals surface area (Å²) in [5, 5.41) is 0. The second-order valence-corrected chi connectivity index (χ2v) is 4.54. The fourth-order valence-corrected chi connectivity index (χ4v) is 1.79. The van der Waals surface area contributed by atoms with Crippen LogP contribution in [0.3, 0.4) is 0 Å². The third-order valence-electron chi connectivity index (χ3n) is 2.80. The first-order valence-corrected chi connectivity index (χ1v) is 5.55. The fourth-order valence-electron chi connectivity index (χ4n) is 1.79. The molecule has 1 aromatic heterocycles. The molecule has 0 fully saturated rings. The second-order valence-electron chi connectivity index (χ2n) is 4.54. The van der Waals surface area contributed by atoms with Gasteiger partial charge in [0.25, 0.3) is 0 Å². The minimum atomic E-state index is 0.223. The number of hydrogen-bond acceptors (Lipinski definition) is 1. The highest BCUT2D eigenvalue weighted by Crippen LogP contribution is 2.26. The topological polar surface area (TPSA) is 12.9 Å². The molecule has 0 spiro atoms. The van der Waals surface area contributed by atoms with Gasteiger partial charge in [-0.25, -0.2) is 0 Å². The maximum Gasteiger partial charge on any atom is 0.0460 e. The predicted octanol–water partition coefficient (Wildman–Crippen LogP) is 3.72. The van der Waals surface area contributed by atoms with Gasteiger partial charge in [-0.2, -0.15) is 0 Å². The lowest BCUT2D eigenvalue weighted by atomic mass is 9.84. The van der Waals surface area contributed by atoms with Gasteiger partial charge in [0, 0.05) is 17.3 Å². The van der Waals surface area contributed by atoms with Crippen molar-refractivity contribution < 1.29 is 0 Å². The molecule has 0 aliphatic heterocycles. The minimum absolute atomic E-state index is 0.223. The van der Waals surface area contributed by atoms with Crippen LogP contribution in [0.1, 0.15) is 51.8 Å². The van der Waals surface area contributed by atoms with Crippen molar-refractivity contribution in [3.63, 3.8) is 0 Å². The van der Waals surface area contributed by atoms with E-state index in [0.29, 0.717) is 0 Å². The van der Waals surface area contributed by atoms with E-state index in [1.165, 1.54) is 24.1 Å². The van der Waals surface area contributed by atoms with Gasteiger partial charge in [-0.1, -0.05) is 40.2 Å². The summed E-state index contributed by atoms with van der Waals surface area (Å²) in [5.41, 5.74) is 2.76. The quantitative estimate of drug-likeness (QED) is 0.706. The van der Waals surface area contributed by atoms with Crippen molar-refractivity contribution in [3.05, 3.63) is 29.6 Å². The van der Waals surface area contributed by atoms with Gasteiger partial charge >= 0.3 is 0 Å². The lowest BCUT2D eigenvalue weighted by Gasteiger charge is -2.23. The Labute approximate surface area is 87.6 Å².